The third kappa shape index (κ3) is 7.12. The van der Waals surface area contributed by atoms with Crippen molar-refractivity contribution in [1.82, 2.24) is 25.5 Å². The van der Waals surface area contributed by atoms with Crippen molar-refractivity contribution < 1.29 is 37.1 Å². The van der Waals surface area contributed by atoms with Crippen LogP contribution in [0, 0.1) is 0 Å². The number of rotatable bonds is 4. The Labute approximate surface area is 176 Å². The molecule has 174 valence electrons. The number of carbonyl (C=O) groups excluding carboxylic acids is 2. The van der Waals surface area contributed by atoms with Crippen LogP contribution in [0.15, 0.2) is 38.5 Å². The SMILES string of the molecule is O=C(NCc1ccco1)C1CN(C(=O)c2cc(=O)[nH]c(=O)[nH]2)CCN1.O=C(O)C(F)(F)F. The second-order valence-electron chi connectivity index (χ2n) is 6.36. The van der Waals surface area contributed by atoms with Gasteiger partial charge >= 0.3 is 17.8 Å². The monoisotopic (exact) mass is 461 g/mol. The number of aromatic nitrogens is 2. The van der Waals surface area contributed by atoms with Crippen LogP contribution >= 0.6 is 0 Å². The Kier molecular flexibility index (Phi) is 7.95. The van der Waals surface area contributed by atoms with E-state index in [9.17, 15) is 32.3 Å². The maximum absolute atomic E-state index is 12.4. The first-order valence-electron chi connectivity index (χ1n) is 8.94. The number of furan rings is 1. The molecule has 0 saturated carbocycles. The van der Waals surface area contributed by atoms with Gasteiger partial charge in [-0.15, -0.1) is 0 Å². The highest BCUT2D eigenvalue weighted by atomic mass is 19.4. The molecule has 1 saturated heterocycles. The smallest absolute Gasteiger partial charge is 0.475 e. The molecule has 32 heavy (non-hydrogen) atoms. The van der Waals surface area contributed by atoms with Crippen molar-refractivity contribution in [2.75, 3.05) is 19.6 Å². The lowest BCUT2D eigenvalue weighted by molar-refractivity contribution is -0.192. The molecule has 0 radical (unpaired) electrons. The Morgan fingerprint density at radius 2 is 1.94 bits per heavy atom. The van der Waals surface area contributed by atoms with Crippen molar-refractivity contribution >= 4 is 17.8 Å². The van der Waals surface area contributed by atoms with Gasteiger partial charge in [0.2, 0.25) is 5.91 Å². The van der Waals surface area contributed by atoms with E-state index in [0.29, 0.717) is 18.8 Å². The molecule has 1 aliphatic heterocycles. The third-order valence-electron chi connectivity index (χ3n) is 4.03. The fourth-order valence-electron chi connectivity index (χ4n) is 2.57. The van der Waals surface area contributed by atoms with Crippen LogP contribution in [-0.2, 0) is 16.1 Å². The van der Waals surface area contributed by atoms with Crippen LogP contribution in [0.2, 0.25) is 0 Å². The Morgan fingerprint density at radius 1 is 1.25 bits per heavy atom. The molecule has 1 fully saturated rings. The molecular weight excluding hydrogens is 443 g/mol. The standard InChI is InChI=1S/C15H17N5O5.C2HF3O2/c21-12-6-10(18-15(24)19-12)14(23)20-4-3-16-11(8-20)13(22)17-7-9-2-1-5-25-9;3-2(4,5)1(6)7/h1-2,5-6,11,16H,3-4,7-8H2,(H,17,22)(H2,18,19,21,24);(H,6,7). The number of hydrogen-bond donors (Lipinski definition) is 5. The molecule has 1 aliphatic rings. The van der Waals surface area contributed by atoms with Crippen LogP contribution in [0.4, 0.5) is 13.2 Å². The molecule has 2 amide bonds. The van der Waals surface area contributed by atoms with Crippen molar-refractivity contribution in [3.8, 4) is 0 Å². The zero-order valence-electron chi connectivity index (χ0n) is 16.2. The minimum absolute atomic E-state index is 0.106. The van der Waals surface area contributed by atoms with E-state index in [4.69, 9.17) is 14.3 Å². The first kappa shape index (κ1) is 24.4. The van der Waals surface area contributed by atoms with E-state index >= 15 is 0 Å². The number of carbonyl (C=O) groups is 3. The van der Waals surface area contributed by atoms with Gasteiger partial charge in [-0.2, -0.15) is 13.2 Å². The van der Waals surface area contributed by atoms with Crippen molar-refractivity contribution in [3.63, 3.8) is 0 Å². The molecule has 12 nitrogen and oxygen atoms in total. The quantitative estimate of drug-likeness (QED) is 0.386. The van der Waals surface area contributed by atoms with Crippen LogP contribution in [0.3, 0.4) is 0 Å². The topological polar surface area (TPSA) is 178 Å². The second-order valence-corrected chi connectivity index (χ2v) is 6.36. The summed E-state index contributed by atoms with van der Waals surface area (Å²) in [6.07, 6.45) is -3.57. The molecule has 5 N–H and O–H groups in total. The largest absolute Gasteiger partial charge is 0.490 e. The summed E-state index contributed by atoms with van der Waals surface area (Å²) < 4.78 is 36.9. The van der Waals surface area contributed by atoms with Gasteiger partial charge in [-0.25, -0.2) is 9.59 Å². The number of carboxylic acid groups (broad SMARTS) is 1. The maximum Gasteiger partial charge on any atom is 0.490 e. The van der Waals surface area contributed by atoms with Gasteiger partial charge in [-0.1, -0.05) is 0 Å². The van der Waals surface area contributed by atoms with Gasteiger partial charge in [0.1, 0.15) is 17.5 Å². The Morgan fingerprint density at radius 3 is 2.50 bits per heavy atom. The maximum atomic E-state index is 12.4. The summed E-state index contributed by atoms with van der Waals surface area (Å²) in [6.45, 7) is 1.14. The number of nitrogens with one attached hydrogen (secondary N) is 4. The minimum Gasteiger partial charge on any atom is -0.475 e. The number of halogens is 3. The molecule has 0 aromatic carbocycles. The molecular formula is C17H18F3N5O7. The Hall–Kier alpha value is -3.88. The molecule has 3 rings (SSSR count). The number of amides is 2. The number of aromatic amines is 2. The molecule has 1 unspecified atom stereocenters. The molecule has 0 bridgehead atoms. The average molecular weight is 461 g/mol. The summed E-state index contributed by atoms with van der Waals surface area (Å²) in [6, 6.07) is 3.90. The molecule has 2 aromatic rings. The lowest BCUT2D eigenvalue weighted by Crippen LogP contribution is -2.58. The van der Waals surface area contributed by atoms with Gasteiger partial charge in [0.15, 0.2) is 0 Å². The van der Waals surface area contributed by atoms with Crippen LogP contribution in [0.25, 0.3) is 0 Å². The normalized spacial score (nSPS) is 16.0. The summed E-state index contributed by atoms with van der Waals surface area (Å²) in [5.74, 6) is -2.91. The lowest BCUT2D eigenvalue weighted by atomic mass is 10.1. The van der Waals surface area contributed by atoms with E-state index < -0.39 is 35.3 Å². The fourth-order valence-corrected chi connectivity index (χ4v) is 2.57. The van der Waals surface area contributed by atoms with E-state index in [2.05, 4.69) is 15.6 Å². The van der Waals surface area contributed by atoms with Gasteiger partial charge < -0.3 is 30.0 Å². The number of hydrogen-bond acceptors (Lipinski definition) is 7. The van der Waals surface area contributed by atoms with Gasteiger partial charge in [-0.05, 0) is 12.1 Å². The lowest BCUT2D eigenvalue weighted by Gasteiger charge is -2.32. The summed E-state index contributed by atoms with van der Waals surface area (Å²) in [5, 5.41) is 12.9. The van der Waals surface area contributed by atoms with Crippen LogP contribution in [0.1, 0.15) is 16.2 Å². The molecule has 15 heteroatoms. The third-order valence-corrected chi connectivity index (χ3v) is 4.03. The summed E-state index contributed by atoms with van der Waals surface area (Å²) >= 11 is 0. The van der Waals surface area contributed by atoms with E-state index in [1.807, 2.05) is 4.98 Å². The summed E-state index contributed by atoms with van der Waals surface area (Å²) in [7, 11) is 0. The van der Waals surface area contributed by atoms with E-state index in [1.54, 1.807) is 12.1 Å². The fraction of sp³-hybridized carbons (Fsp3) is 0.353. The molecule has 0 aliphatic carbocycles. The number of nitrogens with zero attached hydrogens (tertiary/aromatic N) is 1. The summed E-state index contributed by atoms with van der Waals surface area (Å²) in [4.78, 5) is 61.9. The highest BCUT2D eigenvalue weighted by Gasteiger charge is 2.38. The van der Waals surface area contributed by atoms with Gasteiger partial charge in [0, 0.05) is 25.7 Å². The van der Waals surface area contributed by atoms with Gasteiger partial charge in [-0.3, -0.25) is 19.4 Å². The first-order valence-corrected chi connectivity index (χ1v) is 8.94. The van der Waals surface area contributed by atoms with E-state index in [0.717, 1.165) is 6.07 Å². The molecule has 0 spiro atoms. The number of piperazine rings is 1. The van der Waals surface area contributed by atoms with Crippen molar-refractivity contribution in [3.05, 3.63) is 56.8 Å². The first-order chi connectivity index (χ1) is 15.0. The van der Waals surface area contributed by atoms with Crippen molar-refractivity contribution in [2.45, 2.75) is 18.8 Å². The van der Waals surface area contributed by atoms with Crippen molar-refractivity contribution in [2.24, 2.45) is 0 Å². The zero-order valence-corrected chi connectivity index (χ0v) is 16.2. The number of alkyl halides is 3. The van der Waals surface area contributed by atoms with E-state index in [-0.39, 0.29) is 24.7 Å². The predicted molar refractivity (Wildman–Crippen MR) is 99.6 cm³/mol. The highest BCUT2D eigenvalue weighted by Crippen LogP contribution is 2.13. The van der Waals surface area contributed by atoms with Crippen molar-refractivity contribution in [1.29, 1.82) is 0 Å². The van der Waals surface area contributed by atoms with Crippen LogP contribution < -0.4 is 21.9 Å². The number of aliphatic carboxylic acids is 1. The predicted octanol–water partition coefficient (Wildman–Crippen LogP) is -0.980. The Bertz CT molecular complexity index is 1030. The molecule has 3 heterocycles. The number of H-pyrrole nitrogens is 2. The highest BCUT2D eigenvalue weighted by molar-refractivity contribution is 5.93. The average Bonchev–Trinajstić information content (AvgIpc) is 3.24. The molecule has 2 aromatic heterocycles. The van der Waals surface area contributed by atoms with Crippen LogP contribution in [0.5, 0.6) is 0 Å². The van der Waals surface area contributed by atoms with Gasteiger partial charge in [0.25, 0.3) is 11.5 Å². The Balaban J connectivity index is 0.000000451. The van der Waals surface area contributed by atoms with Gasteiger partial charge in [0.05, 0.1) is 12.8 Å². The zero-order chi connectivity index (χ0) is 23.9. The minimum atomic E-state index is -5.08. The second kappa shape index (κ2) is 10.4. The molecule has 1 atom stereocenters. The number of carboxylic acids is 1. The summed E-state index contributed by atoms with van der Waals surface area (Å²) in [5.41, 5.74) is -1.51. The van der Waals surface area contributed by atoms with E-state index in [1.165, 1.54) is 11.2 Å². The van der Waals surface area contributed by atoms with Crippen LogP contribution in [-0.4, -0.2) is 69.6 Å².